The molecule has 0 heterocycles. The molecule has 1 fully saturated rings. The lowest BCUT2D eigenvalue weighted by molar-refractivity contribution is -0.139. The van der Waals surface area contributed by atoms with Crippen LogP contribution < -0.4 is 4.74 Å². The SMILES string of the molecule is CO[C@@H](c1cc(COc2ccc3c(c2)[C@]2(CCC3)C[C@H]2C(=O)O)ccc1-c1cccc(Cl)c1)C(C)(C)C. The number of ether oxygens (including phenoxy) is 2. The first kappa shape index (κ1) is 25.8. The smallest absolute Gasteiger partial charge is 0.307 e. The van der Waals surface area contributed by atoms with Crippen LogP contribution in [-0.2, 0) is 28.0 Å². The standard InChI is InChI=1S/C32H35ClO4/c1-31(2,3)29(36-4)26-15-20(10-13-25(26)22-7-5-9-23(33)16-22)19-37-24-12-11-21-8-6-14-32(27(21)17-24)18-28(32)30(34)35/h5,7,9-13,15-17,28-29H,6,8,14,18-19H2,1-4H3,(H,34,35)/t28-,29-,32-/m0/s1. The molecule has 3 aromatic rings. The lowest BCUT2D eigenvalue weighted by Gasteiger charge is -2.32. The van der Waals surface area contributed by atoms with Crippen LogP contribution in [0.5, 0.6) is 5.75 Å². The van der Waals surface area contributed by atoms with Gasteiger partial charge in [-0.15, -0.1) is 0 Å². The zero-order valence-corrected chi connectivity index (χ0v) is 22.8. The fraction of sp³-hybridized carbons (Fsp3) is 0.406. The van der Waals surface area contributed by atoms with E-state index >= 15 is 0 Å². The molecule has 5 rings (SSSR count). The monoisotopic (exact) mass is 518 g/mol. The lowest BCUT2D eigenvalue weighted by atomic mass is 9.78. The Hall–Kier alpha value is -2.82. The van der Waals surface area contributed by atoms with Gasteiger partial charge >= 0.3 is 5.97 Å². The minimum atomic E-state index is -0.682. The van der Waals surface area contributed by atoms with Crippen LogP contribution >= 0.6 is 11.6 Å². The molecule has 0 amide bonds. The largest absolute Gasteiger partial charge is 0.489 e. The van der Waals surface area contributed by atoms with E-state index in [0.29, 0.717) is 11.6 Å². The topological polar surface area (TPSA) is 55.8 Å². The third-order valence-corrected chi connectivity index (χ3v) is 8.26. The van der Waals surface area contributed by atoms with Gasteiger partial charge in [0.05, 0.1) is 12.0 Å². The molecule has 0 radical (unpaired) electrons. The van der Waals surface area contributed by atoms with Gasteiger partial charge in [0.25, 0.3) is 0 Å². The molecule has 3 atom stereocenters. The minimum absolute atomic E-state index is 0.112. The Labute approximate surface area is 224 Å². The lowest BCUT2D eigenvalue weighted by Crippen LogP contribution is -2.21. The fourth-order valence-electron chi connectivity index (χ4n) is 6.21. The van der Waals surface area contributed by atoms with Crippen molar-refractivity contribution in [3.05, 3.63) is 87.9 Å². The first-order valence-corrected chi connectivity index (χ1v) is 13.4. The maximum Gasteiger partial charge on any atom is 0.307 e. The Morgan fingerprint density at radius 2 is 1.95 bits per heavy atom. The van der Waals surface area contributed by atoms with E-state index in [1.54, 1.807) is 7.11 Å². The van der Waals surface area contributed by atoms with Crippen LogP contribution in [0.25, 0.3) is 11.1 Å². The molecule has 0 unspecified atom stereocenters. The van der Waals surface area contributed by atoms with Crippen LogP contribution in [0, 0.1) is 11.3 Å². The molecule has 37 heavy (non-hydrogen) atoms. The molecule has 1 spiro atoms. The molecule has 5 heteroatoms. The van der Waals surface area contributed by atoms with E-state index in [0.717, 1.165) is 53.7 Å². The molecular formula is C32H35ClO4. The van der Waals surface area contributed by atoms with Gasteiger partial charge in [-0.2, -0.15) is 0 Å². The van der Waals surface area contributed by atoms with Gasteiger partial charge in [-0.25, -0.2) is 0 Å². The van der Waals surface area contributed by atoms with Gasteiger partial charge < -0.3 is 14.6 Å². The number of rotatable bonds is 7. The Morgan fingerprint density at radius 3 is 2.62 bits per heavy atom. The Morgan fingerprint density at radius 1 is 1.14 bits per heavy atom. The summed E-state index contributed by atoms with van der Waals surface area (Å²) < 4.78 is 12.3. The number of methoxy groups -OCH3 is 1. The van der Waals surface area contributed by atoms with Crippen LogP contribution in [0.2, 0.25) is 5.02 Å². The van der Waals surface area contributed by atoms with Crippen LogP contribution in [0.3, 0.4) is 0 Å². The van der Waals surface area contributed by atoms with Crippen LogP contribution in [0.15, 0.2) is 60.7 Å². The first-order valence-electron chi connectivity index (χ1n) is 13.0. The average molecular weight is 519 g/mol. The summed E-state index contributed by atoms with van der Waals surface area (Å²) in [4.78, 5) is 11.7. The molecule has 1 N–H and O–H groups in total. The molecule has 0 aliphatic heterocycles. The number of aryl methyl sites for hydroxylation is 1. The average Bonchev–Trinajstić information content (AvgIpc) is 3.58. The number of hydrogen-bond acceptors (Lipinski definition) is 3. The number of carbonyl (C=O) groups is 1. The molecule has 0 bridgehead atoms. The molecule has 1 saturated carbocycles. The van der Waals surface area contributed by atoms with Crippen molar-refractivity contribution in [1.29, 1.82) is 0 Å². The maximum atomic E-state index is 11.7. The Kier molecular flexibility index (Phi) is 6.84. The summed E-state index contributed by atoms with van der Waals surface area (Å²) in [6.45, 7) is 6.95. The normalized spacial score (nSPS) is 21.4. The van der Waals surface area contributed by atoms with Gasteiger partial charge in [0.2, 0.25) is 0 Å². The molecule has 2 aliphatic rings. The second-order valence-corrected chi connectivity index (χ2v) is 12.1. The number of fused-ring (bicyclic) bond motifs is 2. The number of carboxylic acids is 1. The fourth-order valence-corrected chi connectivity index (χ4v) is 6.40. The second kappa shape index (κ2) is 9.81. The van der Waals surface area contributed by atoms with Crippen molar-refractivity contribution in [2.24, 2.45) is 11.3 Å². The third-order valence-electron chi connectivity index (χ3n) is 8.02. The Balaban J connectivity index is 1.44. The summed E-state index contributed by atoms with van der Waals surface area (Å²) in [6.07, 6.45) is 3.61. The summed E-state index contributed by atoms with van der Waals surface area (Å²) in [5, 5.41) is 10.3. The van der Waals surface area contributed by atoms with Gasteiger partial charge in [-0.05, 0) is 94.8 Å². The molecule has 0 aromatic heterocycles. The molecule has 3 aromatic carbocycles. The van der Waals surface area contributed by atoms with Gasteiger partial charge in [0.15, 0.2) is 0 Å². The van der Waals surface area contributed by atoms with E-state index in [4.69, 9.17) is 21.1 Å². The predicted octanol–water partition coefficient (Wildman–Crippen LogP) is 8.00. The highest BCUT2D eigenvalue weighted by molar-refractivity contribution is 6.30. The van der Waals surface area contributed by atoms with E-state index in [-0.39, 0.29) is 22.9 Å². The summed E-state index contributed by atoms with van der Waals surface area (Å²) in [5.41, 5.74) is 6.43. The van der Waals surface area contributed by atoms with Crippen molar-refractivity contribution in [2.45, 2.75) is 64.6 Å². The van der Waals surface area contributed by atoms with Gasteiger partial charge in [0.1, 0.15) is 12.4 Å². The summed E-state index contributed by atoms with van der Waals surface area (Å²) in [7, 11) is 1.76. The number of carboxylic acid groups (broad SMARTS) is 1. The molecular weight excluding hydrogens is 484 g/mol. The number of halogens is 1. The molecule has 2 aliphatic carbocycles. The van der Waals surface area contributed by atoms with Crippen molar-refractivity contribution in [3.63, 3.8) is 0 Å². The van der Waals surface area contributed by atoms with E-state index in [2.05, 4.69) is 57.2 Å². The highest BCUT2D eigenvalue weighted by atomic mass is 35.5. The van der Waals surface area contributed by atoms with Crippen LogP contribution in [0.1, 0.15) is 68.4 Å². The predicted molar refractivity (Wildman–Crippen MR) is 147 cm³/mol. The van der Waals surface area contributed by atoms with Crippen LogP contribution in [0.4, 0.5) is 0 Å². The third kappa shape index (κ3) is 5.02. The zero-order valence-electron chi connectivity index (χ0n) is 22.0. The summed E-state index contributed by atoms with van der Waals surface area (Å²) in [5.74, 6) is -0.166. The van der Waals surface area contributed by atoms with E-state index in [1.807, 2.05) is 24.3 Å². The number of hydrogen-bond donors (Lipinski definition) is 1. The highest BCUT2D eigenvalue weighted by Gasteiger charge is 2.60. The quantitative estimate of drug-likeness (QED) is 0.344. The van der Waals surface area contributed by atoms with Crippen molar-refractivity contribution < 1.29 is 19.4 Å². The van der Waals surface area contributed by atoms with Gasteiger partial charge in [0, 0.05) is 17.5 Å². The molecule has 4 nitrogen and oxygen atoms in total. The van der Waals surface area contributed by atoms with Crippen molar-refractivity contribution in [2.75, 3.05) is 7.11 Å². The number of aliphatic carboxylic acids is 1. The van der Waals surface area contributed by atoms with Crippen molar-refractivity contribution in [1.82, 2.24) is 0 Å². The Bertz CT molecular complexity index is 1320. The summed E-state index contributed by atoms with van der Waals surface area (Å²) in [6, 6.07) is 20.5. The zero-order chi connectivity index (χ0) is 26.4. The number of benzene rings is 3. The van der Waals surface area contributed by atoms with Crippen LogP contribution in [-0.4, -0.2) is 18.2 Å². The minimum Gasteiger partial charge on any atom is -0.489 e. The first-order chi connectivity index (χ1) is 17.6. The molecule has 194 valence electrons. The highest BCUT2D eigenvalue weighted by Crippen LogP contribution is 2.60. The second-order valence-electron chi connectivity index (χ2n) is 11.6. The van der Waals surface area contributed by atoms with Gasteiger partial charge in [-0.3, -0.25) is 4.79 Å². The van der Waals surface area contributed by atoms with E-state index in [9.17, 15) is 9.90 Å². The van der Waals surface area contributed by atoms with Crippen molar-refractivity contribution in [3.8, 4) is 16.9 Å². The van der Waals surface area contributed by atoms with Gasteiger partial charge in [-0.1, -0.05) is 62.7 Å². The van der Waals surface area contributed by atoms with E-state index in [1.165, 1.54) is 11.1 Å². The summed E-state index contributed by atoms with van der Waals surface area (Å²) >= 11 is 6.32. The van der Waals surface area contributed by atoms with Crippen molar-refractivity contribution >= 4 is 17.6 Å². The maximum absolute atomic E-state index is 11.7. The molecule has 0 saturated heterocycles. The van der Waals surface area contributed by atoms with E-state index < -0.39 is 5.97 Å².